The summed E-state index contributed by atoms with van der Waals surface area (Å²) in [5.74, 6) is -0.0968. The summed E-state index contributed by atoms with van der Waals surface area (Å²) in [4.78, 5) is 28.5. The zero-order valence-corrected chi connectivity index (χ0v) is 16.7. The molecule has 1 saturated heterocycles. The predicted molar refractivity (Wildman–Crippen MR) is 114 cm³/mol. The monoisotopic (exact) mass is 418 g/mol. The summed E-state index contributed by atoms with van der Waals surface area (Å²) >= 11 is 0. The van der Waals surface area contributed by atoms with Crippen LogP contribution in [0.2, 0.25) is 0 Å². The number of nitrogens with one attached hydrogen (secondary N) is 1. The van der Waals surface area contributed by atoms with E-state index in [0.29, 0.717) is 30.9 Å². The number of ether oxygens (including phenoxy) is 1. The van der Waals surface area contributed by atoms with E-state index in [0.717, 1.165) is 22.9 Å². The fourth-order valence-electron chi connectivity index (χ4n) is 3.89. The van der Waals surface area contributed by atoms with Crippen LogP contribution in [0.15, 0.2) is 48.7 Å². The molecule has 2 aromatic carbocycles. The first kappa shape index (κ1) is 20.4. The lowest BCUT2D eigenvalue weighted by molar-refractivity contribution is -0.132. The maximum Gasteiger partial charge on any atom is 0.335 e. The third-order valence-corrected chi connectivity index (χ3v) is 5.52. The van der Waals surface area contributed by atoms with Gasteiger partial charge in [-0.3, -0.25) is 4.79 Å². The Hall–Kier alpha value is -3.83. The molecule has 8 heteroatoms. The molecule has 0 bridgehead atoms. The van der Waals surface area contributed by atoms with Gasteiger partial charge in [0.25, 0.3) is 0 Å². The van der Waals surface area contributed by atoms with E-state index in [-0.39, 0.29) is 11.5 Å². The second-order valence-corrected chi connectivity index (χ2v) is 7.58. The van der Waals surface area contributed by atoms with Crippen LogP contribution in [0.5, 0.6) is 11.5 Å². The van der Waals surface area contributed by atoms with Gasteiger partial charge in [-0.1, -0.05) is 0 Å². The fraction of sp³-hybridized carbons (Fsp3) is 0.261. The maximum atomic E-state index is 12.7. The molecule has 0 spiro atoms. The minimum absolute atomic E-state index is 0.186. The molecule has 3 aromatic rings. The Morgan fingerprint density at radius 3 is 2.71 bits per heavy atom. The van der Waals surface area contributed by atoms with Gasteiger partial charge < -0.3 is 25.5 Å². The molecule has 0 radical (unpaired) electrons. The van der Waals surface area contributed by atoms with Gasteiger partial charge in [0.1, 0.15) is 17.5 Å². The zero-order valence-electron chi connectivity index (χ0n) is 16.7. The number of nitrogens with zero attached hydrogens (tertiary/aromatic N) is 2. The molecular formula is C23H22N4O4. The second kappa shape index (κ2) is 8.50. The normalized spacial score (nSPS) is 16.8. The molecule has 4 N–H and O–H groups in total. The van der Waals surface area contributed by atoms with Crippen molar-refractivity contribution in [1.29, 1.82) is 5.26 Å². The van der Waals surface area contributed by atoms with Gasteiger partial charge in [-0.2, -0.15) is 5.26 Å². The van der Waals surface area contributed by atoms with E-state index in [1.165, 1.54) is 12.1 Å². The molecule has 1 aromatic heterocycles. The van der Waals surface area contributed by atoms with Crippen LogP contribution < -0.4 is 10.5 Å². The van der Waals surface area contributed by atoms with Crippen molar-refractivity contribution in [3.8, 4) is 17.6 Å². The van der Waals surface area contributed by atoms with Crippen LogP contribution in [0.3, 0.4) is 0 Å². The molecule has 31 heavy (non-hydrogen) atoms. The number of likely N-dealkylation sites (tertiary alicyclic amines) is 1. The maximum absolute atomic E-state index is 12.7. The lowest BCUT2D eigenvalue weighted by atomic mass is 10.0. The first-order valence-electron chi connectivity index (χ1n) is 10.0. The molecule has 2 atom stereocenters. The van der Waals surface area contributed by atoms with Gasteiger partial charge in [0, 0.05) is 23.6 Å². The van der Waals surface area contributed by atoms with Crippen LogP contribution in [-0.2, 0) is 11.2 Å². The number of nitriles is 1. The number of aromatic carboxylic acids is 1. The summed E-state index contributed by atoms with van der Waals surface area (Å²) in [6.45, 7) is 0.567. The summed E-state index contributed by atoms with van der Waals surface area (Å²) in [5.41, 5.74) is 8.16. The summed E-state index contributed by atoms with van der Waals surface area (Å²) in [6, 6.07) is 12.7. The highest BCUT2D eigenvalue weighted by Gasteiger charge is 2.31. The molecule has 1 aliphatic rings. The number of amides is 1. The van der Waals surface area contributed by atoms with Crippen LogP contribution in [0.4, 0.5) is 0 Å². The van der Waals surface area contributed by atoms with Crippen molar-refractivity contribution in [3.05, 3.63) is 59.8 Å². The topological polar surface area (TPSA) is 132 Å². The Kier molecular flexibility index (Phi) is 5.60. The van der Waals surface area contributed by atoms with Crippen molar-refractivity contribution in [2.24, 2.45) is 5.73 Å². The van der Waals surface area contributed by atoms with Gasteiger partial charge >= 0.3 is 5.97 Å². The van der Waals surface area contributed by atoms with Crippen LogP contribution in [-0.4, -0.2) is 45.5 Å². The number of nitrogens with two attached hydrogens (primary N) is 1. The lowest BCUT2D eigenvalue weighted by Crippen LogP contribution is -2.46. The molecule has 8 nitrogen and oxygen atoms in total. The van der Waals surface area contributed by atoms with Gasteiger partial charge in [-0.15, -0.1) is 0 Å². The Balaban J connectivity index is 1.51. The van der Waals surface area contributed by atoms with Gasteiger partial charge in [0.15, 0.2) is 0 Å². The number of fused-ring (bicyclic) bond motifs is 1. The average Bonchev–Trinajstić information content (AvgIpc) is 3.40. The average molecular weight is 418 g/mol. The standard InChI is InChI=1S/C23H22N4O4/c24-12-16-2-1-9-27(16)22(28)20(25)10-15-13-26-21-8-7-18(11-19(15)21)31-17-5-3-14(4-6-17)23(29)30/h3-8,11,13,16,20,26H,1-2,9-10,25H2,(H,29,30)/t16-,20-/m0/s1. The van der Waals surface area contributed by atoms with E-state index in [9.17, 15) is 14.9 Å². The number of carboxylic acid groups (broad SMARTS) is 1. The SMILES string of the molecule is N#C[C@@H]1CCCN1C(=O)[C@@H](N)Cc1c[nH]c2ccc(Oc3ccc(C(=O)O)cc3)cc12. The predicted octanol–water partition coefficient (Wildman–Crippen LogP) is 3.04. The summed E-state index contributed by atoms with van der Waals surface area (Å²) in [5, 5.41) is 19.1. The number of aromatic amines is 1. The smallest absolute Gasteiger partial charge is 0.335 e. The second-order valence-electron chi connectivity index (χ2n) is 7.58. The van der Waals surface area contributed by atoms with E-state index >= 15 is 0 Å². The van der Waals surface area contributed by atoms with Crippen LogP contribution in [0.1, 0.15) is 28.8 Å². The molecule has 0 aliphatic carbocycles. The van der Waals surface area contributed by atoms with E-state index in [2.05, 4.69) is 11.1 Å². The van der Waals surface area contributed by atoms with Gasteiger partial charge in [-0.05, 0) is 67.3 Å². The van der Waals surface area contributed by atoms with Gasteiger partial charge in [0.2, 0.25) is 5.91 Å². The van der Waals surface area contributed by atoms with Crippen molar-refractivity contribution < 1.29 is 19.4 Å². The summed E-state index contributed by atoms with van der Waals surface area (Å²) in [7, 11) is 0. The minimum Gasteiger partial charge on any atom is -0.478 e. The van der Waals surface area contributed by atoms with Crippen LogP contribution in [0.25, 0.3) is 10.9 Å². The number of hydrogen-bond donors (Lipinski definition) is 3. The van der Waals surface area contributed by atoms with Crippen molar-refractivity contribution >= 4 is 22.8 Å². The molecule has 1 amide bonds. The third kappa shape index (κ3) is 4.22. The molecular weight excluding hydrogens is 396 g/mol. The molecule has 2 heterocycles. The van der Waals surface area contributed by atoms with E-state index in [1.54, 1.807) is 23.1 Å². The number of H-pyrrole nitrogens is 1. The molecule has 1 aliphatic heterocycles. The summed E-state index contributed by atoms with van der Waals surface area (Å²) < 4.78 is 5.86. The first-order chi connectivity index (χ1) is 15.0. The highest BCUT2D eigenvalue weighted by Crippen LogP contribution is 2.28. The van der Waals surface area contributed by atoms with Crippen molar-refractivity contribution in [2.45, 2.75) is 31.3 Å². The molecule has 158 valence electrons. The highest BCUT2D eigenvalue weighted by atomic mass is 16.5. The number of carbonyl (C=O) groups is 2. The molecule has 0 saturated carbocycles. The summed E-state index contributed by atoms with van der Waals surface area (Å²) in [6.07, 6.45) is 3.67. The van der Waals surface area contributed by atoms with E-state index in [1.807, 2.05) is 18.3 Å². The number of hydrogen-bond acceptors (Lipinski definition) is 5. The number of aromatic nitrogens is 1. The highest BCUT2D eigenvalue weighted by molar-refractivity contribution is 5.88. The van der Waals surface area contributed by atoms with Gasteiger partial charge in [0.05, 0.1) is 17.7 Å². The van der Waals surface area contributed by atoms with Crippen molar-refractivity contribution in [3.63, 3.8) is 0 Å². The number of carbonyl (C=O) groups excluding carboxylic acids is 1. The number of carboxylic acids is 1. The van der Waals surface area contributed by atoms with Crippen molar-refractivity contribution in [2.75, 3.05) is 6.54 Å². The minimum atomic E-state index is -0.995. The molecule has 1 fully saturated rings. The molecule has 0 unspecified atom stereocenters. The van der Waals surface area contributed by atoms with E-state index < -0.39 is 18.1 Å². The van der Waals surface area contributed by atoms with Crippen LogP contribution >= 0.6 is 0 Å². The lowest BCUT2D eigenvalue weighted by Gasteiger charge is -2.23. The third-order valence-electron chi connectivity index (χ3n) is 5.52. The largest absolute Gasteiger partial charge is 0.478 e. The van der Waals surface area contributed by atoms with Crippen LogP contribution in [0, 0.1) is 11.3 Å². The zero-order chi connectivity index (χ0) is 22.0. The van der Waals surface area contributed by atoms with Gasteiger partial charge in [-0.25, -0.2) is 4.79 Å². The Morgan fingerprint density at radius 2 is 2.00 bits per heavy atom. The fourth-order valence-corrected chi connectivity index (χ4v) is 3.89. The Bertz CT molecular complexity index is 1160. The van der Waals surface area contributed by atoms with Crippen molar-refractivity contribution in [1.82, 2.24) is 9.88 Å². The quantitative estimate of drug-likeness (QED) is 0.564. The Labute approximate surface area is 178 Å². The number of rotatable bonds is 6. The molecule has 4 rings (SSSR count). The van der Waals surface area contributed by atoms with E-state index in [4.69, 9.17) is 15.6 Å². The first-order valence-corrected chi connectivity index (χ1v) is 10.0. The Morgan fingerprint density at radius 1 is 1.26 bits per heavy atom. The number of benzene rings is 2.